The van der Waals surface area contributed by atoms with E-state index >= 15 is 0 Å². The van der Waals surface area contributed by atoms with Crippen molar-refractivity contribution in [2.24, 2.45) is 11.8 Å². The molecule has 0 saturated carbocycles. The Morgan fingerprint density at radius 1 is 0.925 bits per heavy atom. The van der Waals surface area contributed by atoms with Crippen LogP contribution in [0, 0.1) is 11.8 Å². The first-order valence-corrected chi connectivity index (χ1v) is 15.9. The molecule has 4 fully saturated rings. The van der Waals surface area contributed by atoms with Crippen LogP contribution in [0.5, 0.6) is 0 Å². The number of carbonyl (C=O) groups excluding carboxylic acids is 1. The molecule has 1 amide bonds. The molecule has 0 spiro atoms. The van der Waals surface area contributed by atoms with Crippen LogP contribution in [0.25, 0.3) is 27.8 Å². The van der Waals surface area contributed by atoms with Crippen LogP contribution in [0.15, 0.2) is 76.9 Å². The number of carbonyl (C=O) groups is 1. The van der Waals surface area contributed by atoms with E-state index in [0.717, 1.165) is 41.5 Å². The lowest BCUT2D eigenvalue weighted by atomic mass is 9.67. The summed E-state index contributed by atoms with van der Waals surface area (Å²) in [6.07, 6.45) is 11.6. The summed E-state index contributed by atoms with van der Waals surface area (Å²) in [7, 11) is 0. The van der Waals surface area contributed by atoms with Gasteiger partial charge in [-0.25, -0.2) is 0 Å². The number of benzene rings is 3. The molecule has 0 N–H and O–H groups in total. The Morgan fingerprint density at radius 3 is 2.67 bits per heavy atom. The van der Waals surface area contributed by atoms with Gasteiger partial charge in [0.05, 0.1) is 0 Å². The standard InChI is InChI=1S/C35H36BrN3O/c36-29-12-14-32-31(19-29)28(21-38(32)20-23-9-10-24-5-1-2-6-25(24)17-23)18-26-11-13-33-30-8-4-16-37-15-3-7-27(34(30)37)22-39(33)35(26)40/h1-2,5-6,9-10,12,14,17-19,21,27,30,33-34H,3-4,7-8,11,13,15-16,20,22H2/b26-18+/t27-,30+,33+,34-/m0/s1. The van der Waals surface area contributed by atoms with Gasteiger partial charge in [-0.05, 0) is 110 Å². The van der Waals surface area contributed by atoms with E-state index in [9.17, 15) is 4.79 Å². The number of nitrogens with zero attached hydrogens (tertiary/aromatic N) is 3. The smallest absolute Gasteiger partial charge is 0.250 e. The molecule has 0 bridgehead atoms. The number of hydrogen-bond donors (Lipinski definition) is 0. The van der Waals surface area contributed by atoms with Crippen molar-refractivity contribution < 1.29 is 4.79 Å². The minimum Gasteiger partial charge on any atom is -0.342 e. The molecule has 0 aliphatic carbocycles. The minimum atomic E-state index is 0.294. The van der Waals surface area contributed by atoms with Gasteiger partial charge in [-0.2, -0.15) is 0 Å². The summed E-state index contributed by atoms with van der Waals surface area (Å²) in [6.45, 7) is 4.29. The molecule has 40 heavy (non-hydrogen) atoms. The third-order valence-electron chi connectivity index (χ3n) is 10.3. The van der Waals surface area contributed by atoms with Crippen molar-refractivity contribution in [3.8, 4) is 0 Å². The Balaban J connectivity index is 1.12. The lowest BCUT2D eigenvalue weighted by Crippen LogP contribution is -2.66. The van der Waals surface area contributed by atoms with Crippen LogP contribution in [0.3, 0.4) is 0 Å². The van der Waals surface area contributed by atoms with Crippen molar-refractivity contribution >= 4 is 49.6 Å². The lowest BCUT2D eigenvalue weighted by Gasteiger charge is -2.58. The third kappa shape index (κ3) is 4.16. The summed E-state index contributed by atoms with van der Waals surface area (Å²) in [5.74, 6) is 1.61. The maximum atomic E-state index is 14.1. The van der Waals surface area contributed by atoms with Gasteiger partial charge in [-0.3, -0.25) is 9.69 Å². The molecule has 4 aromatic rings. The van der Waals surface area contributed by atoms with Crippen LogP contribution < -0.4 is 0 Å². The van der Waals surface area contributed by atoms with Crippen molar-refractivity contribution in [3.05, 3.63) is 88.0 Å². The van der Waals surface area contributed by atoms with E-state index < -0.39 is 0 Å². The maximum absolute atomic E-state index is 14.1. The van der Waals surface area contributed by atoms with E-state index in [0.29, 0.717) is 29.8 Å². The Hall–Kier alpha value is -2.89. The lowest BCUT2D eigenvalue weighted by molar-refractivity contribution is -0.145. The Morgan fingerprint density at radius 2 is 1.77 bits per heavy atom. The summed E-state index contributed by atoms with van der Waals surface area (Å²) in [6, 6.07) is 23.0. The second-order valence-corrected chi connectivity index (χ2v) is 13.4. The molecular weight excluding hydrogens is 558 g/mol. The molecule has 4 saturated heterocycles. The first kappa shape index (κ1) is 24.9. The van der Waals surface area contributed by atoms with Gasteiger partial charge in [0.1, 0.15) is 0 Å². The quantitative estimate of drug-likeness (QED) is 0.230. The molecule has 3 aromatic carbocycles. The normalized spacial score (nSPS) is 27.8. The van der Waals surface area contributed by atoms with Crippen molar-refractivity contribution in [3.63, 3.8) is 0 Å². The van der Waals surface area contributed by atoms with Crippen molar-refractivity contribution in [1.29, 1.82) is 0 Å². The Bertz CT molecular complexity index is 1650. The Kier molecular flexibility index (Phi) is 6.15. The zero-order valence-electron chi connectivity index (χ0n) is 22.9. The number of rotatable bonds is 3. The number of piperidine rings is 4. The number of halogens is 1. The second kappa shape index (κ2) is 9.88. The molecule has 4 nitrogen and oxygen atoms in total. The highest BCUT2D eigenvalue weighted by Crippen LogP contribution is 2.45. The topological polar surface area (TPSA) is 28.5 Å². The number of fused-ring (bicyclic) bond motifs is 4. The van der Waals surface area contributed by atoms with Gasteiger partial charge in [0.2, 0.25) is 5.91 Å². The van der Waals surface area contributed by atoms with E-state index in [1.54, 1.807) is 0 Å². The van der Waals surface area contributed by atoms with Crippen LogP contribution >= 0.6 is 15.9 Å². The molecule has 0 radical (unpaired) electrons. The van der Waals surface area contributed by atoms with E-state index in [4.69, 9.17) is 0 Å². The first-order chi connectivity index (χ1) is 19.6. The zero-order chi connectivity index (χ0) is 26.8. The second-order valence-electron chi connectivity index (χ2n) is 12.5. The maximum Gasteiger partial charge on any atom is 0.250 e. The van der Waals surface area contributed by atoms with Crippen LogP contribution in [0.1, 0.15) is 49.7 Å². The molecule has 4 aliphatic heterocycles. The third-order valence-corrected chi connectivity index (χ3v) is 10.8. The average molecular weight is 595 g/mol. The van der Waals surface area contributed by atoms with Crippen LogP contribution in [-0.2, 0) is 11.3 Å². The van der Waals surface area contributed by atoms with Gasteiger partial charge >= 0.3 is 0 Å². The Labute approximate surface area is 244 Å². The van der Waals surface area contributed by atoms with E-state index in [2.05, 4.69) is 103 Å². The summed E-state index contributed by atoms with van der Waals surface area (Å²) >= 11 is 3.70. The molecule has 4 atom stereocenters. The fourth-order valence-corrected chi connectivity index (χ4v) is 8.95. The molecule has 5 heteroatoms. The van der Waals surface area contributed by atoms with Gasteiger partial charge in [0.15, 0.2) is 0 Å². The van der Waals surface area contributed by atoms with Gasteiger partial charge in [0, 0.05) is 57.9 Å². The predicted molar refractivity (Wildman–Crippen MR) is 166 cm³/mol. The highest BCUT2D eigenvalue weighted by Gasteiger charge is 2.51. The molecule has 8 rings (SSSR count). The minimum absolute atomic E-state index is 0.294. The van der Waals surface area contributed by atoms with Gasteiger partial charge in [-0.1, -0.05) is 52.3 Å². The largest absolute Gasteiger partial charge is 0.342 e. The van der Waals surface area contributed by atoms with Gasteiger partial charge in [-0.15, -0.1) is 0 Å². The number of aromatic nitrogens is 1. The highest BCUT2D eigenvalue weighted by atomic mass is 79.9. The summed E-state index contributed by atoms with van der Waals surface area (Å²) in [5.41, 5.74) is 4.62. The number of amides is 1. The molecule has 4 aliphatic rings. The van der Waals surface area contributed by atoms with E-state index in [1.807, 2.05) is 0 Å². The van der Waals surface area contributed by atoms with Crippen molar-refractivity contribution in [2.75, 3.05) is 19.6 Å². The van der Waals surface area contributed by atoms with Crippen molar-refractivity contribution in [1.82, 2.24) is 14.4 Å². The molecule has 1 aromatic heterocycles. The highest BCUT2D eigenvalue weighted by molar-refractivity contribution is 9.10. The van der Waals surface area contributed by atoms with E-state index in [-0.39, 0.29) is 0 Å². The van der Waals surface area contributed by atoms with E-state index in [1.165, 1.54) is 66.0 Å². The van der Waals surface area contributed by atoms with Gasteiger partial charge < -0.3 is 9.47 Å². The average Bonchev–Trinajstić information content (AvgIpc) is 3.30. The summed E-state index contributed by atoms with van der Waals surface area (Å²) in [4.78, 5) is 19.1. The molecule has 5 heterocycles. The molecule has 204 valence electrons. The first-order valence-electron chi connectivity index (χ1n) is 15.1. The summed E-state index contributed by atoms with van der Waals surface area (Å²) in [5, 5.41) is 3.74. The van der Waals surface area contributed by atoms with Crippen LogP contribution in [0.2, 0.25) is 0 Å². The molecule has 0 unspecified atom stereocenters. The predicted octanol–water partition coefficient (Wildman–Crippen LogP) is 7.48. The monoisotopic (exact) mass is 593 g/mol. The molecular formula is C35H36BrN3O. The van der Waals surface area contributed by atoms with Crippen LogP contribution in [-0.4, -0.2) is 52.0 Å². The number of hydrogen-bond acceptors (Lipinski definition) is 2. The van der Waals surface area contributed by atoms with Gasteiger partial charge in [0.25, 0.3) is 0 Å². The van der Waals surface area contributed by atoms with Crippen molar-refractivity contribution in [2.45, 2.75) is 57.2 Å². The fraction of sp³-hybridized carbons (Fsp3) is 0.400. The SMILES string of the molecule is O=C1/C(=C/c2cn(Cc3ccc4ccccc4c3)c3ccc(Br)cc23)CC[C@@H]2[C@H]3CCCN4CCC[C@@H](CN12)[C@@H]34. The fourth-order valence-electron chi connectivity index (χ4n) is 8.59. The zero-order valence-corrected chi connectivity index (χ0v) is 24.5. The van der Waals surface area contributed by atoms with Crippen LogP contribution in [0.4, 0.5) is 0 Å². The summed E-state index contributed by atoms with van der Waals surface area (Å²) < 4.78 is 3.41.